The number of hydrogen-bond acceptors (Lipinski definition) is 5. The maximum atomic E-state index is 5.88. The van der Waals surface area contributed by atoms with E-state index in [1.807, 2.05) is 12.1 Å². The van der Waals surface area contributed by atoms with Gasteiger partial charge in [0.25, 0.3) is 0 Å². The zero-order valence-electron chi connectivity index (χ0n) is 18.1. The summed E-state index contributed by atoms with van der Waals surface area (Å²) in [6.07, 6.45) is 0.920. The standard InChI is InChI=1S/C25H31BN2O3/c1-2-25(21-9-5-3-6-10-21,22-11-7-4-8-12-22)23-13-15-24(16-14-23)31-26(29-19-17-27)30-20-18-28/h3-16H,2,17-20,27-28H2,1H3. The Morgan fingerprint density at radius 3 is 1.55 bits per heavy atom. The van der Waals surface area contributed by atoms with E-state index in [9.17, 15) is 0 Å². The van der Waals surface area contributed by atoms with Gasteiger partial charge in [0.15, 0.2) is 0 Å². The highest BCUT2D eigenvalue weighted by Gasteiger charge is 2.34. The van der Waals surface area contributed by atoms with Crippen molar-refractivity contribution in [1.82, 2.24) is 0 Å². The summed E-state index contributed by atoms with van der Waals surface area (Å²) in [5.41, 5.74) is 14.5. The Bertz CT molecular complexity index is 844. The lowest BCUT2D eigenvalue weighted by Crippen LogP contribution is -2.34. The molecular formula is C25H31BN2O3. The molecule has 0 saturated heterocycles. The minimum Gasteiger partial charge on any atom is -0.512 e. The Labute approximate surface area is 185 Å². The molecule has 0 amide bonds. The molecule has 0 unspecified atom stereocenters. The van der Waals surface area contributed by atoms with E-state index in [0.29, 0.717) is 32.1 Å². The van der Waals surface area contributed by atoms with E-state index in [0.717, 1.165) is 6.42 Å². The van der Waals surface area contributed by atoms with Crippen molar-refractivity contribution in [2.75, 3.05) is 26.3 Å². The Hall–Kier alpha value is -2.64. The Morgan fingerprint density at radius 2 is 1.13 bits per heavy atom. The summed E-state index contributed by atoms with van der Waals surface area (Å²) in [5, 5.41) is 0. The van der Waals surface area contributed by atoms with Gasteiger partial charge in [0.05, 0.1) is 0 Å². The predicted molar refractivity (Wildman–Crippen MR) is 126 cm³/mol. The van der Waals surface area contributed by atoms with Crippen LogP contribution in [0.15, 0.2) is 84.9 Å². The van der Waals surface area contributed by atoms with Crippen LogP contribution < -0.4 is 16.1 Å². The van der Waals surface area contributed by atoms with E-state index in [1.165, 1.54) is 16.7 Å². The number of benzene rings is 3. The van der Waals surface area contributed by atoms with Gasteiger partial charge < -0.3 is 25.4 Å². The zero-order chi connectivity index (χ0) is 21.9. The van der Waals surface area contributed by atoms with Crippen molar-refractivity contribution >= 4 is 7.32 Å². The van der Waals surface area contributed by atoms with Gasteiger partial charge in [0, 0.05) is 31.7 Å². The van der Waals surface area contributed by atoms with Gasteiger partial charge in [-0.25, -0.2) is 0 Å². The minimum atomic E-state index is -0.836. The summed E-state index contributed by atoms with van der Waals surface area (Å²) in [6, 6.07) is 29.4. The van der Waals surface area contributed by atoms with Crippen LogP contribution in [0.1, 0.15) is 30.0 Å². The smallest absolute Gasteiger partial charge is 0.512 e. The van der Waals surface area contributed by atoms with Crippen molar-refractivity contribution in [3.05, 3.63) is 102 Å². The quantitative estimate of drug-likeness (QED) is 0.346. The lowest BCUT2D eigenvalue weighted by Gasteiger charge is -2.35. The van der Waals surface area contributed by atoms with Gasteiger partial charge in [0.1, 0.15) is 5.75 Å². The molecule has 162 valence electrons. The summed E-state index contributed by atoms with van der Waals surface area (Å²) >= 11 is 0. The summed E-state index contributed by atoms with van der Waals surface area (Å²) < 4.78 is 16.9. The Kier molecular flexibility index (Phi) is 8.68. The highest BCUT2D eigenvalue weighted by atomic mass is 16.7. The van der Waals surface area contributed by atoms with E-state index in [4.69, 9.17) is 25.4 Å². The second kappa shape index (κ2) is 11.7. The molecule has 3 rings (SSSR count). The number of nitrogens with two attached hydrogens (primary N) is 2. The summed E-state index contributed by atoms with van der Waals surface area (Å²) in [5.74, 6) is 0.661. The molecule has 31 heavy (non-hydrogen) atoms. The topological polar surface area (TPSA) is 79.7 Å². The van der Waals surface area contributed by atoms with E-state index < -0.39 is 7.32 Å². The minimum absolute atomic E-state index is 0.257. The van der Waals surface area contributed by atoms with Gasteiger partial charge in [0.2, 0.25) is 0 Å². The molecule has 3 aromatic rings. The van der Waals surface area contributed by atoms with Crippen molar-refractivity contribution in [3.8, 4) is 5.75 Å². The third kappa shape index (κ3) is 5.54. The maximum absolute atomic E-state index is 5.88. The second-order valence-corrected chi connectivity index (χ2v) is 7.24. The molecule has 4 N–H and O–H groups in total. The fourth-order valence-electron chi connectivity index (χ4n) is 3.93. The van der Waals surface area contributed by atoms with E-state index in [1.54, 1.807) is 0 Å². The van der Waals surface area contributed by atoms with Gasteiger partial charge in [-0.2, -0.15) is 0 Å². The average molecular weight is 418 g/mol. The average Bonchev–Trinajstić information content (AvgIpc) is 2.84. The van der Waals surface area contributed by atoms with Crippen LogP contribution >= 0.6 is 0 Å². The second-order valence-electron chi connectivity index (χ2n) is 7.24. The molecule has 0 aromatic heterocycles. The molecule has 0 heterocycles. The molecule has 0 aliphatic heterocycles. The van der Waals surface area contributed by atoms with Crippen LogP contribution in [0.25, 0.3) is 0 Å². The van der Waals surface area contributed by atoms with Crippen molar-refractivity contribution in [3.63, 3.8) is 0 Å². The largest absolute Gasteiger partial charge is 0.713 e. The van der Waals surface area contributed by atoms with Gasteiger partial charge in [-0.05, 0) is 35.2 Å². The zero-order valence-corrected chi connectivity index (χ0v) is 18.1. The highest BCUT2D eigenvalue weighted by Crippen LogP contribution is 2.42. The molecule has 0 aliphatic carbocycles. The van der Waals surface area contributed by atoms with Crippen molar-refractivity contribution < 1.29 is 14.0 Å². The fraction of sp³-hybridized carbons (Fsp3) is 0.280. The fourth-order valence-corrected chi connectivity index (χ4v) is 3.93. The first-order chi connectivity index (χ1) is 15.2. The van der Waals surface area contributed by atoms with Crippen LogP contribution in [-0.2, 0) is 14.7 Å². The first kappa shape index (κ1) is 23.0. The van der Waals surface area contributed by atoms with Crippen LogP contribution in [-0.4, -0.2) is 33.6 Å². The van der Waals surface area contributed by atoms with Crippen LogP contribution in [0.4, 0.5) is 0 Å². The molecule has 0 atom stereocenters. The van der Waals surface area contributed by atoms with Gasteiger partial charge in [-0.3, -0.25) is 0 Å². The molecule has 0 bridgehead atoms. The van der Waals surface area contributed by atoms with Gasteiger partial charge >= 0.3 is 7.32 Å². The third-order valence-electron chi connectivity index (χ3n) is 5.39. The summed E-state index contributed by atoms with van der Waals surface area (Å²) in [4.78, 5) is 0. The van der Waals surface area contributed by atoms with Crippen LogP contribution in [0.2, 0.25) is 0 Å². The van der Waals surface area contributed by atoms with Gasteiger partial charge in [-0.15, -0.1) is 0 Å². The predicted octanol–water partition coefficient (Wildman–Crippen LogP) is 3.75. The molecule has 5 nitrogen and oxygen atoms in total. The normalized spacial score (nSPS) is 11.3. The molecule has 6 heteroatoms. The van der Waals surface area contributed by atoms with E-state index in [-0.39, 0.29) is 5.41 Å². The van der Waals surface area contributed by atoms with Crippen LogP contribution in [0, 0.1) is 0 Å². The van der Waals surface area contributed by atoms with Crippen LogP contribution in [0.5, 0.6) is 5.75 Å². The van der Waals surface area contributed by atoms with Crippen molar-refractivity contribution in [2.24, 2.45) is 11.5 Å². The van der Waals surface area contributed by atoms with Crippen LogP contribution in [0.3, 0.4) is 0 Å². The molecule has 0 saturated carbocycles. The highest BCUT2D eigenvalue weighted by molar-refractivity contribution is 6.37. The molecule has 0 spiro atoms. The lowest BCUT2D eigenvalue weighted by atomic mass is 9.68. The molecule has 0 fully saturated rings. The molecule has 0 aliphatic rings. The molecule has 3 aromatic carbocycles. The number of hydrogen-bond donors (Lipinski definition) is 2. The SMILES string of the molecule is CCC(c1ccccc1)(c1ccccc1)c1ccc(OB(OCCN)OCCN)cc1. The molecule has 0 radical (unpaired) electrons. The van der Waals surface area contributed by atoms with E-state index >= 15 is 0 Å². The first-order valence-corrected chi connectivity index (χ1v) is 10.8. The van der Waals surface area contributed by atoms with E-state index in [2.05, 4.69) is 79.7 Å². The van der Waals surface area contributed by atoms with Crippen molar-refractivity contribution in [1.29, 1.82) is 0 Å². The van der Waals surface area contributed by atoms with Gasteiger partial charge in [-0.1, -0.05) is 79.7 Å². The van der Waals surface area contributed by atoms with Crippen molar-refractivity contribution in [2.45, 2.75) is 18.8 Å². The molecular weight excluding hydrogens is 387 g/mol. The Morgan fingerprint density at radius 1 is 0.677 bits per heavy atom. The monoisotopic (exact) mass is 418 g/mol. The third-order valence-corrected chi connectivity index (χ3v) is 5.39. The lowest BCUT2D eigenvalue weighted by molar-refractivity contribution is 0.147. The first-order valence-electron chi connectivity index (χ1n) is 10.8. The maximum Gasteiger partial charge on any atom is 0.713 e. The summed E-state index contributed by atoms with van der Waals surface area (Å²) in [7, 11) is -0.836. The number of rotatable bonds is 12. The Balaban J connectivity index is 1.93. The summed E-state index contributed by atoms with van der Waals surface area (Å²) in [6.45, 7) is 3.68.